The summed E-state index contributed by atoms with van der Waals surface area (Å²) in [5.41, 5.74) is 0.548. The molecular weight excluding hydrogens is 310 g/mol. The minimum Gasteiger partial charge on any atom is -0.482 e. The van der Waals surface area contributed by atoms with Crippen LogP contribution >= 0.6 is 0 Å². The monoisotopic (exact) mass is 327 g/mol. The summed E-state index contributed by atoms with van der Waals surface area (Å²) in [6.07, 6.45) is 4.26. The average molecular weight is 327 g/mol. The Bertz CT molecular complexity index is 718. The number of likely N-dealkylation sites (tertiary alicyclic amines) is 1. The van der Waals surface area contributed by atoms with Gasteiger partial charge in [0.15, 0.2) is 6.61 Å². The number of aliphatic carboxylic acids is 1. The molecule has 2 aromatic rings. The van der Waals surface area contributed by atoms with E-state index in [1.807, 2.05) is 0 Å². The minimum atomic E-state index is -1.04. The number of carbonyl (C=O) groups excluding carboxylic acids is 1. The second-order valence-corrected chi connectivity index (χ2v) is 5.55. The molecule has 1 saturated heterocycles. The molecule has 0 radical (unpaired) electrons. The first kappa shape index (κ1) is 15.9. The Morgan fingerprint density at radius 3 is 2.58 bits per heavy atom. The summed E-state index contributed by atoms with van der Waals surface area (Å²) in [6, 6.07) is 8.27. The molecule has 1 aromatic heterocycles. The van der Waals surface area contributed by atoms with E-state index >= 15 is 0 Å². The summed E-state index contributed by atoms with van der Waals surface area (Å²) in [4.78, 5) is 33.3. The predicted molar refractivity (Wildman–Crippen MR) is 84.9 cm³/mol. The van der Waals surface area contributed by atoms with Crippen LogP contribution in [0.4, 0.5) is 0 Å². The van der Waals surface area contributed by atoms with Crippen molar-refractivity contribution in [1.82, 2.24) is 14.9 Å². The van der Waals surface area contributed by atoms with Crippen LogP contribution in [0.25, 0.3) is 0 Å². The number of benzene rings is 1. The maximum atomic E-state index is 12.6. The first-order valence-corrected chi connectivity index (χ1v) is 7.64. The van der Waals surface area contributed by atoms with Crippen molar-refractivity contribution in [3.05, 3.63) is 54.1 Å². The van der Waals surface area contributed by atoms with Gasteiger partial charge >= 0.3 is 5.97 Å². The predicted octanol–water partition coefficient (Wildman–Crippen LogP) is 1.57. The van der Waals surface area contributed by atoms with E-state index in [0.717, 1.165) is 12.2 Å². The number of hydrogen-bond donors (Lipinski definition) is 1. The molecule has 1 atom stereocenters. The maximum absolute atomic E-state index is 12.6. The van der Waals surface area contributed by atoms with Crippen molar-refractivity contribution in [2.75, 3.05) is 19.7 Å². The van der Waals surface area contributed by atoms with E-state index < -0.39 is 12.6 Å². The van der Waals surface area contributed by atoms with Crippen LogP contribution < -0.4 is 4.74 Å². The number of carboxylic acid groups (broad SMARTS) is 1. The Morgan fingerprint density at radius 1 is 1.21 bits per heavy atom. The van der Waals surface area contributed by atoms with Gasteiger partial charge in [-0.05, 0) is 36.8 Å². The summed E-state index contributed by atoms with van der Waals surface area (Å²) in [6.45, 7) is 0.858. The van der Waals surface area contributed by atoms with E-state index in [1.54, 1.807) is 47.6 Å². The molecule has 1 aliphatic heterocycles. The summed E-state index contributed by atoms with van der Waals surface area (Å²) < 4.78 is 5.06. The zero-order valence-electron chi connectivity index (χ0n) is 13.0. The van der Waals surface area contributed by atoms with Crippen LogP contribution in [0, 0.1) is 0 Å². The van der Waals surface area contributed by atoms with E-state index in [-0.39, 0.29) is 11.8 Å². The highest BCUT2D eigenvalue weighted by Crippen LogP contribution is 2.25. The molecule has 0 saturated carbocycles. The van der Waals surface area contributed by atoms with E-state index in [4.69, 9.17) is 9.84 Å². The number of ether oxygens (including phenoxy) is 1. The van der Waals surface area contributed by atoms with Crippen LogP contribution in [0.15, 0.2) is 42.7 Å². The molecule has 3 rings (SSSR count). The number of amides is 1. The van der Waals surface area contributed by atoms with Crippen LogP contribution in [0.5, 0.6) is 5.75 Å². The number of carboxylic acids is 1. The number of hydrogen-bond acceptors (Lipinski definition) is 5. The summed E-state index contributed by atoms with van der Waals surface area (Å²) in [5, 5.41) is 8.58. The fourth-order valence-corrected chi connectivity index (χ4v) is 2.70. The molecule has 124 valence electrons. The van der Waals surface area contributed by atoms with Crippen LogP contribution in [-0.2, 0) is 4.79 Å². The largest absolute Gasteiger partial charge is 0.482 e. The molecule has 1 fully saturated rings. The SMILES string of the molecule is O=C(O)COc1ccc(C(=O)N2CCC(c3ncccn3)C2)cc1. The van der Waals surface area contributed by atoms with Crippen LogP contribution in [-0.4, -0.2) is 51.5 Å². The molecule has 0 spiro atoms. The van der Waals surface area contributed by atoms with Crippen molar-refractivity contribution in [3.63, 3.8) is 0 Å². The number of nitrogens with zero attached hydrogens (tertiary/aromatic N) is 3. The van der Waals surface area contributed by atoms with Gasteiger partial charge in [0, 0.05) is 37.0 Å². The molecule has 24 heavy (non-hydrogen) atoms. The molecule has 1 unspecified atom stereocenters. The lowest BCUT2D eigenvalue weighted by molar-refractivity contribution is -0.139. The molecule has 1 amide bonds. The standard InChI is InChI=1S/C17H17N3O4/c21-15(22)11-24-14-4-2-12(3-5-14)17(23)20-9-6-13(10-20)16-18-7-1-8-19-16/h1-5,7-8,13H,6,9-11H2,(H,21,22). The first-order chi connectivity index (χ1) is 11.6. The third-order valence-electron chi connectivity index (χ3n) is 3.89. The lowest BCUT2D eigenvalue weighted by Crippen LogP contribution is -2.28. The summed E-state index contributed by atoms with van der Waals surface area (Å²) in [7, 11) is 0. The fraction of sp³-hybridized carbons (Fsp3) is 0.294. The highest BCUT2D eigenvalue weighted by atomic mass is 16.5. The molecule has 1 N–H and O–H groups in total. The highest BCUT2D eigenvalue weighted by molar-refractivity contribution is 5.94. The quantitative estimate of drug-likeness (QED) is 0.896. The van der Waals surface area contributed by atoms with Crippen molar-refractivity contribution in [1.29, 1.82) is 0 Å². The third-order valence-corrected chi connectivity index (χ3v) is 3.89. The molecule has 1 aromatic carbocycles. The third kappa shape index (κ3) is 3.68. The van der Waals surface area contributed by atoms with Gasteiger partial charge in [0.05, 0.1) is 0 Å². The number of carbonyl (C=O) groups is 2. The van der Waals surface area contributed by atoms with Gasteiger partial charge < -0.3 is 14.7 Å². The van der Waals surface area contributed by atoms with Crippen LogP contribution in [0.1, 0.15) is 28.5 Å². The topological polar surface area (TPSA) is 92.6 Å². The second-order valence-electron chi connectivity index (χ2n) is 5.55. The zero-order chi connectivity index (χ0) is 16.9. The molecular formula is C17H17N3O4. The first-order valence-electron chi connectivity index (χ1n) is 7.64. The van der Waals surface area contributed by atoms with Crippen LogP contribution in [0.2, 0.25) is 0 Å². The zero-order valence-corrected chi connectivity index (χ0v) is 13.0. The molecule has 2 heterocycles. The molecule has 7 heteroatoms. The molecule has 1 aliphatic rings. The van der Waals surface area contributed by atoms with Gasteiger partial charge in [-0.2, -0.15) is 0 Å². The van der Waals surface area contributed by atoms with Crippen molar-refractivity contribution >= 4 is 11.9 Å². The van der Waals surface area contributed by atoms with Gasteiger partial charge in [-0.1, -0.05) is 0 Å². The normalized spacial score (nSPS) is 16.8. The summed E-state index contributed by atoms with van der Waals surface area (Å²) >= 11 is 0. The van der Waals surface area contributed by atoms with E-state index in [1.165, 1.54) is 0 Å². The lowest BCUT2D eigenvalue weighted by atomic mass is 10.1. The number of rotatable bonds is 5. The van der Waals surface area contributed by atoms with Gasteiger partial charge in [-0.15, -0.1) is 0 Å². The average Bonchev–Trinajstić information content (AvgIpc) is 3.10. The lowest BCUT2D eigenvalue weighted by Gasteiger charge is -2.16. The second kappa shape index (κ2) is 7.08. The van der Waals surface area contributed by atoms with Gasteiger partial charge in [-0.3, -0.25) is 4.79 Å². The van der Waals surface area contributed by atoms with E-state index in [2.05, 4.69) is 9.97 Å². The van der Waals surface area contributed by atoms with Crippen molar-refractivity contribution in [2.24, 2.45) is 0 Å². The van der Waals surface area contributed by atoms with Crippen molar-refractivity contribution in [2.45, 2.75) is 12.3 Å². The number of aromatic nitrogens is 2. The van der Waals surface area contributed by atoms with Crippen molar-refractivity contribution in [3.8, 4) is 5.75 Å². The van der Waals surface area contributed by atoms with Gasteiger partial charge in [0.25, 0.3) is 5.91 Å². The van der Waals surface area contributed by atoms with Gasteiger partial charge in [-0.25, -0.2) is 14.8 Å². The van der Waals surface area contributed by atoms with Crippen molar-refractivity contribution < 1.29 is 19.4 Å². The van der Waals surface area contributed by atoms with Gasteiger partial charge in [0.2, 0.25) is 0 Å². The van der Waals surface area contributed by atoms with Crippen LogP contribution in [0.3, 0.4) is 0 Å². The summed E-state index contributed by atoms with van der Waals surface area (Å²) in [5.74, 6) is 0.254. The molecule has 0 bridgehead atoms. The molecule has 0 aliphatic carbocycles. The van der Waals surface area contributed by atoms with E-state index in [0.29, 0.717) is 24.4 Å². The Balaban J connectivity index is 1.61. The fourth-order valence-electron chi connectivity index (χ4n) is 2.70. The maximum Gasteiger partial charge on any atom is 0.341 e. The molecule has 7 nitrogen and oxygen atoms in total. The minimum absolute atomic E-state index is 0.0572. The highest BCUT2D eigenvalue weighted by Gasteiger charge is 2.29. The van der Waals surface area contributed by atoms with E-state index in [9.17, 15) is 9.59 Å². The Hall–Kier alpha value is -2.96. The Morgan fingerprint density at radius 2 is 1.92 bits per heavy atom. The Kier molecular flexibility index (Phi) is 4.69. The smallest absolute Gasteiger partial charge is 0.341 e. The Labute approximate surface area is 138 Å². The van der Waals surface area contributed by atoms with Gasteiger partial charge in [0.1, 0.15) is 11.6 Å².